The Hall–Kier alpha value is -3.10. The van der Waals surface area contributed by atoms with Crippen molar-refractivity contribution in [2.75, 3.05) is 11.9 Å². The molecule has 0 aliphatic rings. The number of hydrogen-bond donors (Lipinski definition) is 3. The minimum absolute atomic E-state index is 0.225. The largest absolute Gasteiger partial charge is 0.484 e. The normalized spacial score (nSPS) is 10.4. The van der Waals surface area contributed by atoms with E-state index in [9.17, 15) is 14.4 Å². The third-order valence-corrected chi connectivity index (χ3v) is 3.76. The fourth-order valence-electron chi connectivity index (χ4n) is 1.78. The van der Waals surface area contributed by atoms with Gasteiger partial charge in [0.05, 0.1) is 16.3 Å². The summed E-state index contributed by atoms with van der Waals surface area (Å²) in [6.07, 6.45) is 1.34. The molecule has 0 radical (unpaired) electrons. The second kappa shape index (κ2) is 9.56. The van der Waals surface area contributed by atoms with E-state index < -0.39 is 17.7 Å². The van der Waals surface area contributed by atoms with Crippen LogP contribution in [0.2, 0.25) is 10.0 Å². The van der Waals surface area contributed by atoms with Crippen LogP contribution in [0.25, 0.3) is 0 Å². The van der Waals surface area contributed by atoms with E-state index in [1.807, 2.05) is 0 Å². The molecule has 140 valence electrons. The first-order valence-electron chi connectivity index (χ1n) is 7.46. The Balaban J connectivity index is 1.85. The van der Waals surface area contributed by atoms with Gasteiger partial charge in [-0.05, 0) is 48.0 Å². The fraction of sp³-hybridized carbons (Fsp3) is 0.0588. The summed E-state index contributed by atoms with van der Waals surface area (Å²) in [6.45, 7) is -0.225. The number of rotatable bonds is 6. The van der Waals surface area contributed by atoms with Gasteiger partial charge in [-0.3, -0.25) is 14.4 Å². The number of carbonyl (C=O) groups excluding carboxylic acids is 3. The minimum atomic E-state index is -0.960. The number of carbonyl (C=O) groups is 3. The first kappa shape index (κ1) is 20.2. The highest BCUT2D eigenvalue weighted by atomic mass is 35.5. The molecule has 27 heavy (non-hydrogen) atoms. The monoisotopic (exact) mass is 408 g/mol. The number of halogens is 2. The van der Waals surface area contributed by atoms with E-state index in [1.54, 1.807) is 24.3 Å². The van der Waals surface area contributed by atoms with Crippen LogP contribution in [0, 0.1) is 0 Å². The molecule has 0 fully saturated rings. The molecule has 0 aromatic heterocycles. The Kier molecular flexibility index (Phi) is 7.16. The Morgan fingerprint density at radius 3 is 2.37 bits per heavy atom. The zero-order chi connectivity index (χ0) is 19.8. The predicted octanol–water partition coefficient (Wildman–Crippen LogP) is 1.95. The molecule has 0 saturated heterocycles. The zero-order valence-corrected chi connectivity index (χ0v) is 15.3. The third kappa shape index (κ3) is 6.61. The summed E-state index contributed by atoms with van der Waals surface area (Å²) in [5, 5.41) is 6.63. The van der Waals surface area contributed by atoms with Crippen molar-refractivity contribution >= 4 is 52.8 Å². The molecule has 0 heterocycles. The molecule has 10 heteroatoms. The third-order valence-electron chi connectivity index (χ3n) is 3.02. The molecule has 2 aromatic carbocycles. The summed E-state index contributed by atoms with van der Waals surface area (Å²) >= 11 is 11.6. The maximum absolute atomic E-state index is 11.8. The molecule has 0 bridgehead atoms. The standard InChI is InChI=1S/C17H14Cl2N4O4/c18-13-6-3-11(7-14(13)19)22-16(25)17(26)23-21-8-10-1-4-12(5-2-10)27-9-15(20)24/h1-8H,9H2,(H2,20,24)(H,22,25)(H,23,26)/b21-8-. The molecule has 8 nitrogen and oxygen atoms in total. The molecule has 0 aliphatic heterocycles. The summed E-state index contributed by atoms with van der Waals surface area (Å²) in [6, 6.07) is 10.9. The maximum atomic E-state index is 11.8. The number of primary amides is 1. The van der Waals surface area contributed by atoms with Gasteiger partial charge in [0, 0.05) is 5.69 Å². The van der Waals surface area contributed by atoms with Gasteiger partial charge in [0.2, 0.25) is 0 Å². The van der Waals surface area contributed by atoms with Crippen LogP contribution in [0.5, 0.6) is 5.75 Å². The topological polar surface area (TPSA) is 123 Å². The highest BCUT2D eigenvalue weighted by Gasteiger charge is 2.13. The number of hydrogen-bond acceptors (Lipinski definition) is 5. The van der Waals surface area contributed by atoms with Crippen molar-refractivity contribution in [3.63, 3.8) is 0 Å². The van der Waals surface area contributed by atoms with E-state index >= 15 is 0 Å². The van der Waals surface area contributed by atoms with Gasteiger partial charge < -0.3 is 15.8 Å². The Morgan fingerprint density at radius 2 is 1.74 bits per heavy atom. The number of benzene rings is 2. The van der Waals surface area contributed by atoms with Gasteiger partial charge in [-0.1, -0.05) is 23.2 Å². The van der Waals surface area contributed by atoms with Gasteiger partial charge in [0.1, 0.15) is 5.75 Å². The van der Waals surface area contributed by atoms with Crippen molar-refractivity contribution in [2.24, 2.45) is 10.8 Å². The van der Waals surface area contributed by atoms with E-state index in [1.165, 1.54) is 24.4 Å². The minimum Gasteiger partial charge on any atom is -0.484 e. The molecular weight excluding hydrogens is 395 g/mol. The van der Waals surface area contributed by atoms with Gasteiger partial charge >= 0.3 is 11.8 Å². The van der Waals surface area contributed by atoms with Crippen molar-refractivity contribution < 1.29 is 19.1 Å². The second-order valence-corrected chi connectivity index (χ2v) is 5.92. The smallest absolute Gasteiger partial charge is 0.329 e. The lowest BCUT2D eigenvalue weighted by molar-refractivity contribution is -0.136. The SMILES string of the molecule is NC(=O)COc1ccc(/C=N\NC(=O)C(=O)Nc2ccc(Cl)c(Cl)c2)cc1. The quantitative estimate of drug-likeness (QED) is 0.383. The van der Waals surface area contributed by atoms with Crippen LogP contribution in [0.3, 0.4) is 0 Å². The summed E-state index contributed by atoms with van der Waals surface area (Å²) in [5.41, 5.74) is 8.03. The van der Waals surface area contributed by atoms with E-state index in [-0.39, 0.29) is 11.6 Å². The summed E-state index contributed by atoms with van der Waals surface area (Å²) in [4.78, 5) is 34.2. The first-order valence-corrected chi connectivity index (χ1v) is 8.21. The van der Waals surface area contributed by atoms with Gasteiger partial charge in [0.15, 0.2) is 6.61 Å². The molecule has 4 N–H and O–H groups in total. The van der Waals surface area contributed by atoms with Crippen molar-refractivity contribution in [2.45, 2.75) is 0 Å². The second-order valence-electron chi connectivity index (χ2n) is 5.11. The molecular formula is C17H14Cl2N4O4. The number of ether oxygens (including phenoxy) is 1. The van der Waals surface area contributed by atoms with E-state index in [0.29, 0.717) is 22.0 Å². The zero-order valence-electron chi connectivity index (χ0n) is 13.7. The number of anilines is 1. The number of nitrogens with zero attached hydrogens (tertiary/aromatic N) is 1. The van der Waals surface area contributed by atoms with Crippen molar-refractivity contribution in [3.8, 4) is 5.75 Å². The Bertz CT molecular complexity index is 885. The van der Waals surface area contributed by atoms with Gasteiger partial charge in [-0.15, -0.1) is 0 Å². The van der Waals surface area contributed by atoms with Crippen LogP contribution >= 0.6 is 23.2 Å². The summed E-state index contributed by atoms with van der Waals surface area (Å²) < 4.78 is 5.11. The highest BCUT2D eigenvalue weighted by molar-refractivity contribution is 6.42. The van der Waals surface area contributed by atoms with E-state index in [4.69, 9.17) is 33.7 Å². The van der Waals surface area contributed by atoms with Crippen LogP contribution in [-0.4, -0.2) is 30.5 Å². The first-order chi connectivity index (χ1) is 12.8. The fourth-order valence-corrected chi connectivity index (χ4v) is 2.08. The van der Waals surface area contributed by atoms with Gasteiger partial charge in [-0.25, -0.2) is 5.43 Å². The van der Waals surface area contributed by atoms with Crippen molar-refractivity contribution in [1.82, 2.24) is 5.43 Å². The average molecular weight is 409 g/mol. The van der Waals surface area contributed by atoms with Gasteiger partial charge in [0.25, 0.3) is 5.91 Å². The number of hydrazone groups is 1. The van der Waals surface area contributed by atoms with E-state index in [2.05, 4.69) is 15.8 Å². The van der Waals surface area contributed by atoms with Crippen molar-refractivity contribution in [3.05, 3.63) is 58.1 Å². The van der Waals surface area contributed by atoms with Crippen LogP contribution in [0.1, 0.15) is 5.56 Å². The van der Waals surface area contributed by atoms with E-state index in [0.717, 1.165) is 0 Å². The lowest BCUT2D eigenvalue weighted by Crippen LogP contribution is -2.32. The maximum Gasteiger partial charge on any atom is 0.329 e. The number of nitrogens with one attached hydrogen (secondary N) is 2. The summed E-state index contributed by atoms with van der Waals surface area (Å²) in [5.74, 6) is -2.00. The molecule has 2 aromatic rings. The predicted molar refractivity (Wildman–Crippen MR) is 102 cm³/mol. The lowest BCUT2D eigenvalue weighted by Gasteiger charge is -2.05. The van der Waals surface area contributed by atoms with Crippen LogP contribution in [0.15, 0.2) is 47.6 Å². The lowest BCUT2D eigenvalue weighted by atomic mass is 10.2. The number of amides is 3. The molecule has 0 saturated carbocycles. The molecule has 0 unspecified atom stereocenters. The van der Waals surface area contributed by atoms with Crippen LogP contribution in [-0.2, 0) is 14.4 Å². The van der Waals surface area contributed by atoms with Crippen LogP contribution < -0.4 is 21.2 Å². The molecule has 0 aliphatic carbocycles. The summed E-state index contributed by atoms with van der Waals surface area (Å²) in [7, 11) is 0. The van der Waals surface area contributed by atoms with Crippen molar-refractivity contribution in [1.29, 1.82) is 0 Å². The highest BCUT2D eigenvalue weighted by Crippen LogP contribution is 2.24. The number of nitrogens with two attached hydrogens (primary N) is 1. The average Bonchev–Trinajstić information content (AvgIpc) is 2.64. The Morgan fingerprint density at radius 1 is 1.04 bits per heavy atom. The Labute approximate surface area is 164 Å². The van der Waals surface area contributed by atoms with Crippen LogP contribution in [0.4, 0.5) is 5.69 Å². The molecule has 0 spiro atoms. The van der Waals surface area contributed by atoms with Gasteiger partial charge in [-0.2, -0.15) is 5.10 Å². The molecule has 3 amide bonds. The molecule has 2 rings (SSSR count). The molecule has 0 atom stereocenters.